The number of carbonyl (C=O) groups is 3. The van der Waals surface area contributed by atoms with E-state index in [1.54, 1.807) is 0 Å². The highest BCUT2D eigenvalue weighted by atomic mass is 32.2. The summed E-state index contributed by atoms with van der Waals surface area (Å²) in [5.41, 5.74) is -1.47. The molecular weight excluding hydrogens is 745 g/mol. The molecule has 55 heavy (non-hydrogen) atoms. The molecule has 3 N–H and O–H groups in total. The number of sulfonamides is 1. The molecule has 17 heteroatoms. The Bertz CT molecular complexity index is 2050. The van der Waals surface area contributed by atoms with Crippen LogP contribution in [0.1, 0.15) is 83.6 Å². The standard InChI is InChI=1S/C38H46F4N6O6S/c1-3-5-6-7-8-9-13-30(43-26-20-24(38(40,41)42)19-25(39)21-26)34(50)48-23-27(54-36-44-29-12-10-11-14-31(29)47(36)4-2)22-32(48)33(49)45-37(17-18-37)35(51)46-55(52,53)28-15-16-28/h3,5,10-12,14,19-21,27-28,30,32,43H,4,6-9,13,15-18,22-23H2,1-2H3,(H,45,49)(H,46,51)/b5-3-/t27-,30+,32+/m1/s1. The smallest absolute Gasteiger partial charge is 0.416 e. The van der Waals surface area contributed by atoms with Gasteiger partial charge in [-0.15, -0.1) is 0 Å². The molecule has 0 bridgehead atoms. The van der Waals surface area contributed by atoms with Crippen LogP contribution in [0.3, 0.4) is 0 Å². The number of anilines is 1. The number of imidazole rings is 1. The summed E-state index contributed by atoms with van der Waals surface area (Å²) in [5.74, 6) is -3.34. The first-order chi connectivity index (χ1) is 26.1. The first kappa shape index (κ1) is 40.0. The molecule has 1 saturated heterocycles. The number of aryl methyl sites for hydroxylation is 1. The molecule has 298 valence electrons. The van der Waals surface area contributed by atoms with Crippen molar-refractivity contribution in [2.45, 2.75) is 120 Å². The summed E-state index contributed by atoms with van der Waals surface area (Å²) in [7, 11) is -3.90. The van der Waals surface area contributed by atoms with Crippen molar-refractivity contribution in [3.8, 4) is 6.01 Å². The van der Waals surface area contributed by atoms with Crippen molar-refractivity contribution in [3.05, 3.63) is 66.0 Å². The van der Waals surface area contributed by atoms with Crippen LogP contribution in [-0.4, -0.2) is 76.1 Å². The van der Waals surface area contributed by atoms with Crippen LogP contribution < -0.4 is 20.1 Å². The van der Waals surface area contributed by atoms with Gasteiger partial charge < -0.3 is 20.3 Å². The van der Waals surface area contributed by atoms with E-state index < -0.39 is 74.3 Å². The predicted molar refractivity (Wildman–Crippen MR) is 197 cm³/mol. The molecule has 1 aromatic heterocycles. The Morgan fingerprint density at radius 2 is 1.84 bits per heavy atom. The van der Waals surface area contributed by atoms with Crippen molar-refractivity contribution in [2.75, 3.05) is 11.9 Å². The predicted octanol–water partition coefficient (Wildman–Crippen LogP) is 5.83. The normalized spacial score (nSPS) is 20.1. The van der Waals surface area contributed by atoms with Gasteiger partial charge in [0, 0.05) is 18.7 Å². The topological polar surface area (TPSA) is 152 Å². The van der Waals surface area contributed by atoms with Crippen molar-refractivity contribution < 1.29 is 45.1 Å². The van der Waals surface area contributed by atoms with Crippen molar-refractivity contribution in [3.63, 3.8) is 0 Å². The number of alkyl halides is 3. The van der Waals surface area contributed by atoms with Crippen LogP contribution in [0.5, 0.6) is 6.01 Å². The van der Waals surface area contributed by atoms with E-state index in [1.807, 2.05) is 54.8 Å². The monoisotopic (exact) mass is 790 g/mol. The van der Waals surface area contributed by atoms with Gasteiger partial charge in [0.15, 0.2) is 0 Å². The Hall–Kier alpha value is -4.67. The number of hydrogen-bond acceptors (Lipinski definition) is 8. The minimum absolute atomic E-state index is 0.0309. The number of nitrogens with one attached hydrogen (secondary N) is 3. The van der Waals surface area contributed by atoms with E-state index in [-0.39, 0.29) is 43.9 Å². The minimum atomic E-state index is -4.84. The number of amides is 3. The molecule has 3 aromatic rings. The summed E-state index contributed by atoms with van der Waals surface area (Å²) in [5, 5.41) is 4.88. The maximum Gasteiger partial charge on any atom is 0.416 e. The van der Waals surface area contributed by atoms with Crippen LogP contribution in [0, 0.1) is 5.82 Å². The number of hydrogen-bond donors (Lipinski definition) is 3. The fourth-order valence-corrected chi connectivity index (χ4v) is 8.34. The summed E-state index contributed by atoms with van der Waals surface area (Å²) < 4.78 is 90.9. The summed E-state index contributed by atoms with van der Waals surface area (Å²) in [6.45, 7) is 4.20. The number of halogens is 4. The highest BCUT2D eigenvalue weighted by Gasteiger charge is 2.55. The van der Waals surface area contributed by atoms with Crippen molar-refractivity contribution >= 4 is 44.5 Å². The maximum atomic E-state index is 14.6. The highest BCUT2D eigenvalue weighted by molar-refractivity contribution is 7.91. The largest absolute Gasteiger partial charge is 0.459 e. The molecule has 3 amide bonds. The number of unbranched alkanes of at least 4 members (excludes halogenated alkanes) is 3. The van der Waals surface area contributed by atoms with Gasteiger partial charge in [0.25, 0.3) is 11.9 Å². The molecule has 2 aromatic carbocycles. The molecule has 3 fully saturated rings. The third-order valence-electron chi connectivity index (χ3n) is 10.3. The number of fused-ring (bicyclic) bond motifs is 1. The zero-order valence-electron chi connectivity index (χ0n) is 30.7. The number of allylic oxidation sites excluding steroid dienone is 2. The lowest BCUT2D eigenvalue weighted by atomic mass is 10.0. The number of ether oxygens (including phenoxy) is 1. The van der Waals surface area contributed by atoms with Crippen LogP contribution in [0.2, 0.25) is 0 Å². The van der Waals surface area contributed by atoms with Crippen LogP contribution in [0.4, 0.5) is 23.2 Å². The van der Waals surface area contributed by atoms with E-state index in [1.165, 1.54) is 4.90 Å². The molecule has 2 heterocycles. The number of nitrogens with zero attached hydrogens (tertiary/aromatic N) is 3. The quantitative estimate of drug-likeness (QED) is 0.0879. The number of para-hydroxylation sites is 2. The van der Waals surface area contributed by atoms with E-state index in [0.717, 1.165) is 30.5 Å². The molecule has 0 unspecified atom stereocenters. The molecule has 12 nitrogen and oxygen atoms in total. The number of carbonyl (C=O) groups excluding carboxylic acids is 3. The molecule has 3 aliphatic rings. The van der Waals surface area contributed by atoms with E-state index in [2.05, 4.69) is 20.3 Å². The van der Waals surface area contributed by atoms with E-state index in [4.69, 9.17) is 4.74 Å². The SMILES string of the molecule is C/C=C\CCCCC[C@H](Nc1cc(F)cc(C(F)(F)F)c1)C(=O)N1C[C@H](Oc2nc3ccccc3n2CC)C[C@H]1C(=O)NC1(C(=O)NS(=O)(=O)C2CC2)CC1. The molecule has 3 atom stereocenters. The zero-order chi connectivity index (χ0) is 39.5. The summed E-state index contributed by atoms with van der Waals surface area (Å²) in [6, 6.07) is 7.27. The average Bonchev–Trinajstić information content (AvgIpc) is 4.06. The molecule has 1 aliphatic heterocycles. The van der Waals surface area contributed by atoms with Gasteiger partial charge in [-0.3, -0.25) is 23.7 Å². The first-order valence-corrected chi connectivity index (χ1v) is 20.2. The Morgan fingerprint density at radius 3 is 2.51 bits per heavy atom. The number of aromatic nitrogens is 2. The van der Waals surface area contributed by atoms with E-state index in [0.29, 0.717) is 43.8 Å². The third-order valence-corrected chi connectivity index (χ3v) is 12.1. The second-order valence-corrected chi connectivity index (χ2v) is 16.4. The lowest BCUT2D eigenvalue weighted by Gasteiger charge is -2.30. The van der Waals surface area contributed by atoms with Crippen molar-refractivity contribution in [2.24, 2.45) is 0 Å². The van der Waals surface area contributed by atoms with Crippen LogP contribution >= 0.6 is 0 Å². The van der Waals surface area contributed by atoms with Crippen LogP contribution in [-0.2, 0) is 37.1 Å². The summed E-state index contributed by atoms with van der Waals surface area (Å²) in [4.78, 5) is 47.8. The number of benzene rings is 2. The fraction of sp³-hybridized carbons (Fsp3) is 0.526. The maximum absolute atomic E-state index is 14.6. The fourth-order valence-electron chi connectivity index (χ4n) is 6.96. The molecule has 0 radical (unpaired) electrons. The summed E-state index contributed by atoms with van der Waals surface area (Å²) in [6.07, 6.45) is 2.46. The van der Waals surface area contributed by atoms with Gasteiger partial charge in [-0.2, -0.15) is 18.2 Å². The van der Waals surface area contributed by atoms with Gasteiger partial charge in [-0.25, -0.2) is 12.8 Å². The highest BCUT2D eigenvalue weighted by Crippen LogP contribution is 2.38. The molecule has 0 spiro atoms. The van der Waals surface area contributed by atoms with Gasteiger partial charge >= 0.3 is 6.18 Å². The second kappa shape index (κ2) is 16.2. The van der Waals surface area contributed by atoms with Crippen LogP contribution in [0.25, 0.3) is 11.0 Å². The average molecular weight is 791 g/mol. The van der Waals surface area contributed by atoms with Gasteiger partial charge in [0.2, 0.25) is 21.8 Å². The summed E-state index contributed by atoms with van der Waals surface area (Å²) >= 11 is 0. The lowest BCUT2D eigenvalue weighted by molar-refractivity contribution is -0.140. The van der Waals surface area contributed by atoms with Crippen LogP contribution in [0.15, 0.2) is 54.6 Å². The molecule has 2 saturated carbocycles. The van der Waals surface area contributed by atoms with Crippen molar-refractivity contribution in [1.29, 1.82) is 0 Å². The van der Waals surface area contributed by atoms with Gasteiger partial charge in [0.1, 0.15) is 29.5 Å². The third kappa shape index (κ3) is 9.42. The Kier molecular flexibility index (Phi) is 11.8. The zero-order valence-corrected chi connectivity index (χ0v) is 31.5. The molecule has 2 aliphatic carbocycles. The minimum Gasteiger partial charge on any atom is -0.459 e. The van der Waals surface area contributed by atoms with Gasteiger partial charge in [-0.05, 0) is 89.1 Å². The van der Waals surface area contributed by atoms with Crippen molar-refractivity contribution in [1.82, 2.24) is 24.5 Å². The lowest BCUT2D eigenvalue weighted by Crippen LogP contribution is -2.56. The van der Waals surface area contributed by atoms with E-state index >= 15 is 0 Å². The van der Waals surface area contributed by atoms with Gasteiger partial charge in [-0.1, -0.05) is 37.1 Å². The second-order valence-electron chi connectivity index (χ2n) is 14.5. The molecular formula is C38H46F4N6O6S. The molecule has 6 rings (SSSR count). The Labute approximate surface area is 317 Å². The van der Waals surface area contributed by atoms with E-state index in [9.17, 15) is 40.4 Å². The number of likely N-dealkylation sites (tertiary alicyclic amines) is 1. The first-order valence-electron chi connectivity index (χ1n) is 18.7. The number of rotatable bonds is 17. The Morgan fingerprint density at radius 1 is 1.09 bits per heavy atom. The van der Waals surface area contributed by atoms with Gasteiger partial charge in [0.05, 0.1) is 28.4 Å². The Balaban J connectivity index is 1.28.